The number of primary sulfonamides is 1. The Kier molecular flexibility index (Phi) is 3.93. The van der Waals surface area contributed by atoms with Crippen LogP contribution < -0.4 is 9.88 Å². The molecule has 0 radical (unpaired) electrons. The molecular formula is C11H12BrN3O3S. The number of benzene rings is 1. The Hall–Kier alpha value is -1.38. The van der Waals surface area contributed by atoms with Gasteiger partial charge in [-0.15, -0.1) is 0 Å². The van der Waals surface area contributed by atoms with Gasteiger partial charge in [0.1, 0.15) is 5.75 Å². The Balaban J connectivity index is 2.22. The van der Waals surface area contributed by atoms with Crippen molar-refractivity contribution in [1.82, 2.24) is 9.55 Å². The zero-order valence-corrected chi connectivity index (χ0v) is 12.5. The summed E-state index contributed by atoms with van der Waals surface area (Å²) < 4.78 is 29.8. The lowest BCUT2D eigenvalue weighted by Gasteiger charge is -2.06. The predicted molar refractivity (Wildman–Crippen MR) is 73.4 cm³/mol. The van der Waals surface area contributed by atoms with Crippen molar-refractivity contribution in [3.63, 3.8) is 0 Å². The average molecular weight is 346 g/mol. The number of rotatable bonds is 4. The van der Waals surface area contributed by atoms with Crippen LogP contribution in [0.15, 0.2) is 40.2 Å². The monoisotopic (exact) mass is 345 g/mol. The molecule has 0 bridgehead atoms. The summed E-state index contributed by atoms with van der Waals surface area (Å²) in [5, 5.41) is 4.86. The topological polar surface area (TPSA) is 87.2 Å². The first-order valence-electron chi connectivity index (χ1n) is 5.27. The SMILES string of the molecule is COc1ccc(Cn2cnc(S(N)(=O)=O)c2)cc1Br. The van der Waals surface area contributed by atoms with Crippen molar-refractivity contribution in [2.24, 2.45) is 5.14 Å². The van der Waals surface area contributed by atoms with E-state index in [0.29, 0.717) is 6.54 Å². The van der Waals surface area contributed by atoms with Crippen molar-refractivity contribution < 1.29 is 13.2 Å². The van der Waals surface area contributed by atoms with Gasteiger partial charge in [-0.25, -0.2) is 18.5 Å². The van der Waals surface area contributed by atoms with Gasteiger partial charge in [0.25, 0.3) is 10.0 Å². The molecule has 0 spiro atoms. The maximum absolute atomic E-state index is 11.1. The molecule has 2 aromatic rings. The fourth-order valence-corrected chi connectivity index (χ4v) is 2.66. The molecule has 0 aliphatic heterocycles. The average Bonchev–Trinajstić information content (AvgIpc) is 2.77. The van der Waals surface area contributed by atoms with Gasteiger partial charge in [-0.2, -0.15) is 0 Å². The van der Waals surface area contributed by atoms with Gasteiger partial charge in [0.05, 0.1) is 17.9 Å². The molecule has 1 aromatic carbocycles. The van der Waals surface area contributed by atoms with Gasteiger partial charge in [-0.3, -0.25) is 0 Å². The van der Waals surface area contributed by atoms with E-state index in [1.165, 1.54) is 12.5 Å². The van der Waals surface area contributed by atoms with Crippen LogP contribution in [0.25, 0.3) is 0 Å². The minimum Gasteiger partial charge on any atom is -0.496 e. The quantitative estimate of drug-likeness (QED) is 0.905. The second-order valence-corrected chi connectivity index (χ2v) is 6.26. The first-order chi connectivity index (χ1) is 8.90. The first kappa shape index (κ1) is 14.0. The minimum atomic E-state index is -3.75. The Labute approximate surface area is 119 Å². The summed E-state index contributed by atoms with van der Waals surface area (Å²) >= 11 is 3.39. The largest absolute Gasteiger partial charge is 0.496 e. The fourth-order valence-electron chi connectivity index (χ4n) is 1.59. The van der Waals surface area contributed by atoms with E-state index < -0.39 is 10.0 Å². The van der Waals surface area contributed by atoms with Crippen LogP contribution >= 0.6 is 15.9 Å². The van der Waals surface area contributed by atoms with Crippen LogP contribution in [0.1, 0.15) is 5.56 Å². The second-order valence-electron chi connectivity index (χ2n) is 3.90. The molecule has 0 fully saturated rings. The third-order valence-corrected chi connectivity index (χ3v) is 3.90. The number of hydrogen-bond acceptors (Lipinski definition) is 4. The molecule has 0 aliphatic carbocycles. The fraction of sp³-hybridized carbons (Fsp3) is 0.182. The molecule has 8 heteroatoms. The van der Waals surface area contributed by atoms with Crippen LogP contribution in [0, 0.1) is 0 Å². The zero-order chi connectivity index (χ0) is 14.0. The Morgan fingerprint density at radius 2 is 2.21 bits per heavy atom. The Morgan fingerprint density at radius 1 is 1.47 bits per heavy atom. The second kappa shape index (κ2) is 5.32. The van der Waals surface area contributed by atoms with Crippen molar-refractivity contribution in [2.45, 2.75) is 11.6 Å². The summed E-state index contributed by atoms with van der Waals surface area (Å²) in [5.74, 6) is 0.736. The highest BCUT2D eigenvalue weighted by atomic mass is 79.9. The van der Waals surface area contributed by atoms with Crippen LogP contribution in [-0.2, 0) is 16.6 Å². The number of halogens is 1. The highest BCUT2D eigenvalue weighted by Gasteiger charge is 2.11. The van der Waals surface area contributed by atoms with Gasteiger partial charge in [0, 0.05) is 12.7 Å². The molecule has 0 saturated heterocycles. The number of imidazole rings is 1. The number of nitrogens with zero attached hydrogens (tertiary/aromatic N) is 2. The van der Waals surface area contributed by atoms with Gasteiger partial charge < -0.3 is 9.30 Å². The number of aromatic nitrogens is 2. The van der Waals surface area contributed by atoms with E-state index in [1.54, 1.807) is 11.7 Å². The molecular weight excluding hydrogens is 334 g/mol. The molecule has 1 heterocycles. The van der Waals surface area contributed by atoms with Gasteiger partial charge in [0.15, 0.2) is 5.03 Å². The number of hydrogen-bond donors (Lipinski definition) is 1. The van der Waals surface area contributed by atoms with E-state index >= 15 is 0 Å². The van der Waals surface area contributed by atoms with E-state index in [4.69, 9.17) is 9.88 Å². The summed E-state index contributed by atoms with van der Waals surface area (Å²) in [5.41, 5.74) is 0.978. The van der Waals surface area contributed by atoms with Crippen molar-refractivity contribution in [3.05, 3.63) is 40.8 Å². The first-order valence-corrected chi connectivity index (χ1v) is 7.61. The molecule has 0 unspecified atom stereocenters. The standard InChI is InChI=1S/C11H12BrN3O3S/c1-18-10-3-2-8(4-9(10)12)5-15-6-11(14-7-15)19(13,16)17/h2-4,6-7H,5H2,1H3,(H2,13,16,17). The molecule has 0 saturated carbocycles. The predicted octanol–water partition coefficient (Wildman–Crippen LogP) is 1.35. The molecule has 2 rings (SSSR count). The van der Waals surface area contributed by atoms with Crippen molar-refractivity contribution in [3.8, 4) is 5.75 Å². The number of methoxy groups -OCH3 is 1. The van der Waals surface area contributed by atoms with Crippen LogP contribution in [-0.4, -0.2) is 25.1 Å². The van der Waals surface area contributed by atoms with Gasteiger partial charge >= 0.3 is 0 Å². The Morgan fingerprint density at radius 3 is 2.74 bits per heavy atom. The lowest BCUT2D eigenvalue weighted by molar-refractivity contribution is 0.412. The molecule has 0 atom stereocenters. The van der Waals surface area contributed by atoms with Crippen LogP contribution in [0.5, 0.6) is 5.75 Å². The summed E-state index contributed by atoms with van der Waals surface area (Å²) in [6.45, 7) is 0.491. The lowest BCUT2D eigenvalue weighted by Crippen LogP contribution is -2.12. The van der Waals surface area contributed by atoms with Gasteiger partial charge in [0.2, 0.25) is 0 Å². The number of nitrogens with two attached hydrogens (primary N) is 1. The highest BCUT2D eigenvalue weighted by molar-refractivity contribution is 9.10. The summed E-state index contributed by atoms with van der Waals surface area (Å²) in [4.78, 5) is 3.75. The smallest absolute Gasteiger partial charge is 0.257 e. The summed E-state index contributed by atoms with van der Waals surface area (Å²) in [6.07, 6.45) is 2.82. The van der Waals surface area contributed by atoms with Crippen molar-refractivity contribution in [1.29, 1.82) is 0 Å². The van der Waals surface area contributed by atoms with Crippen LogP contribution in [0.3, 0.4) is 0 Å². The van der Waals surface area contributed by atoms with E-state index in [1.807, 2.05) is 18.2 Å². The van der Waals surface area contributed by atoms with Crippen molar-refractivity contribution in [2.75, 3.05) is 7.11 Å². The van der Waals surface area contributed by atoms with Crippen LogP contribution in [0.4, 0.5) is 0 Å². The van der Waals surface area contributed by atoms with Crippen LogP contribution in [0.2, 0.25) is 0 Å². The van der Waals surface area contributed by atoms with E-state index in [-0.39, 0.29) is 5.03 Å². The van der Waals surface area contributed by atoms with Gasteiger partial charge in [-0.05, 0) is 33.6 Å². The normalized spacial score (nSPS) is 11.5. The summed E-state index contributed by atoms with van der Waals surface area (Å²) in [6, 6.07) is 5.62. The third kappa shape index (κ3) is 3.34. The molecule has 1 aromatic heterocycles. The van der Waals surface area contributed by atoms with Crippen molar-refractivity contribution >= 4 is 26.0 Å². The number of sulfonamides is 1. The maximum Gasteiger partial charge on any atom is 0.257 e. The van der Waals surface area contributed by atoms with E-state index in [9.17, 15) is 8.42 Å². The lowest BCUT2D eigenvalue weighted by atomic mass is 10.2. The molecule has 19 heavy (non-hydrogen) atoms. The molecule has 6 nitrogen and oxygen atoms in total. The maximum atomic E-state index is 11.1. The molecule has 2 N–H and O–H groups in total. The highest BCUT2D eigenvalue weighted by Crippen LogP contribution is 2.25. The van der Waals surface area contributed by atoms with E-state index in [2.05, 4.69) is 20.9 Å². The third-order valence-electron chi connectivity index (χ3n) is 2.48. The minimum absolute atomic E-state index is 0.139. The number of ether oxygens (including phenoxy) is 1. The Bertz CT molecular complexity index is 697. The molecule has 102 valence electrons. The van der Waals surface area contributed by atoms with Gasteiger partial charge in [-0.1, -0.05) is 6.07 Å². The van der Waals surface area contributed by atoms with E-state index in [0.717, 1.165) is 15.8 Å². The molecule has 0 amide bonds. The molecule has 0 aliphatic rings. The zero-order valence-electron chi connectivity index (χ0n) is 10.1. The summed E-state index contributed by atoms with van der Waals surface area (Å²) in [7, 11) is -2.16.